The number of hydrogen-bond donors (Lipinski definition) is 0. The highest BCUT2D eigenvalue weighted by molar-refractivity contribution is 6.21. The summed E-state index contributed by atoms with van der Waals surface area (Å²) in [7, 11) is 0. The average molecular weight is 310 g/mol. The maximum absolute atomic E-state index is 12.5. The van der Waals surface area contributed by atoms with Gasteiger partial charge in [-0.2, -0.15) is 0 Å². The van der Waals surface area contributed by atoms with Crippen LogP contribution in [0.4, 0.5) is 11.4 Å². The highest BCUT2D eigenvalue weighted by Crippen LogP contribution is 2.29. The Bertz CT molecular complexity index is 756. The van der Waals surface area contributed by atoms with Crippen LogP contribution in [0.1, 0.15) is 12.0 Å². The van der Waals surface area contributed by atoms with Gasteiger partial charge in [-0.3, -0.25) is 24.6 Å². The van der Waals surface area contributed by atoms with Gasteiger partial charge in [0.2, 0.25) is 11.8 Å². The van der Waals surface area contributed by atoms with E-state index in [1.165, 1.54) is 24.3 Å². The van der Waals surface area contributed by atoms with Crippen molar-refractivity contribution in [2.24, 2.45) is 5.92 Å². The summed E-state index contributed by atoms with van der Waals surface area (Å²) < 4.78 is 0. The molecule has 0 bridgehead atoms. The van der Waals surface area contributed by atoms with Crippen LogP contribution in [0.15, 0.2) is 54.6 Å². The number of carbonyl (C=O) groups excluding carboxylic acids is 2. The molecule has 1 fully saturated rings. The Kier molecular flexibility index (Phi) is 3.89. The number of amides is 2. The summed E-state index contributed by atoms with van der Waals surface area (Å²) in [6, 6.07) is 15.0. The minimum Gasteiger partial charge on any atom is -0.274 e. The summed E-state index contributed by atoms with van der Waals surface area (Å²) in [4.78, 5) is 36.0. The van der Waals surface area contributed by atoms with Gasteiger partial charge in [-0.25, -0.2) is 0 Å². The second kappa shape index (κ2) is 6.00. The summed E-state index contributed by atoms with van der Waals surface area (Å²) in [6.07, 6.45) is 0.666. The van der Waals surface area contributed by atoms with Gasteiger partial charge in [0, 0.05) is 18.6 Å². The molecular weight excluding hydrogens is 296 g/mol. The van der Waals surface area contributed by atoms with E-state index in [2.05, 4.69) is 0 Å². The molecule has 3 rings (SSSR count). The van der Waals surface area contributed by atoms with Crippen LogP contribution in [0.2, 0.25) is 0 Å². The number of imide groups is 1. The molecule has 1 aliphatic rings. The van der Waals surface area contributed by atoms with E-state index in [0.717, 1.165) is 10.5 Å². The third kappa shape index (κ3) is 2.96. The van der Waals surface area contributed by atoms with E-state index < -0.39 is 4.92 Å². The van der Waals surface area contributed by atoms with Crippen LogP contribution in [0.3, 0.4) is 0 Å². The lowest BCUT2D eigenvalue weighted by molar-refractivity contribution is -0.384. The first-order valence-corrected chi connectivity index (χ1v) is 7.21. The van der Waals surface area contributed by atoms with Gasteiger partial charge in [0.15, 0.2) is 0 Å². The van der Waals surface area contributed by atoms with Gasteiger partial charge in [0.1, 0.15) is 0 Å². The molecule has 0 spiro atoms. The fourth-order valence-corrected chi connectivity index (χ4v) is 2.75. The highest BCUT2D eigenvalue weighted by atomic mass is 16.6. The van der Waals surface area contributed by atoms with Crippen molar-refractivity contribution in [3.63, 3.8) is 0 Å². The number of nitrogens with zero attached hydrogens (tertiary/aromatic N) is 2. The quantitative estimate of drug-likeness (QED) is 0.494. The summed E-state index contributed by atoms with van der Waals surface area (Å²) in [5, 5.41) is 10.7. The lowest BCUT2D eigenvalue weighted by Crippen LogP contribution is -2.30. The van der Waals surface area contributed by atoms with Crippen LogP contribution in [-0.2, 0) is 16.0 Å². The number of non-ortho nitro benzene ring substituents is 1. The van der Waals surface area contributed by atoms with E-state index in [4.69, 9.17) is 0 Å². The molecule has 1 atom stereocenters. The van der Waals surface area contributed by atoms with Crippen LogP contribution in [0.5, 0.6) is 0 Å². The molecule has 23 heavy (non-hydrogen) atoms. The van der Waals surface area contributed by atoms with Crippen LogP contribution in [-0.4, -0.2) is 16.7 Å². The van der Waals surface area contributed by atoms with E-state index in [-0.39, 0.29) is 29.8 Å². The number of rotatable bonds is 4. The largest absolute Gasteiger partial charge is 0.274 e. The molecule has 1 aliphatic heterocycles. The van der Waals surface area contributed by atoms with E-state index in [9.17, 15) is 19.7 Å². The first kappa shape index (κ1) is 14.9. The SMILES string of the molecule is O=C1C[C@H](Cc2ccccc2)C(=O)N1c1ccc([N+](=O)[O-])cc1. The lowest BCUT2D eigenvalue weighted by Gasteiger charge is -2.15. The zero-order chi connectivity index (χ0) is 16.4. The van der Waals surface area contributed by atoms with Gasteiger partial charge in [-0.1, -0.05) is 30.3 Å². The molecule has 0 radical (unpaired) electrons. The summed E-state index contributed by atoms with van der Waals surface area (Å²) in [5.41, 5.74) is 1.30. The van der Waals surface area contributed by atoms with Crippen molar-refractivity contribution in [2.75, 3.05) is 4.90 Å². The van der Waals surface area contributed by atoms with E-state index in [0.29, 0.717) is 12.1 Å². The monoisotopic (exact) mass is 310 g/mol. The Labute approximate surface area is 132 Å². The van der Waals surface area contributed by atoms with Crippen LogP contribution in [0, 0.1) is 16.0 Å². The zero-order valence-corrected chi connectivity index (χ0v) is 12.2. The van der Waals surface area contributed by atoms with Crippen molar-refractivity contribution < 1.29 is 14.5 Å². The molecule has 0 aliphatic carbocycles. The Morgan fingerprint density at radius 3 is 2.30 bits per heavy atom. The molecule has 0 aromatic heterocycles. The number of nitro groups is 1. The summed E-state index contributed by atoms with van der Waals surface area (Å²) in [6.45, 7) is 0. The Hall–Kier alpha value is -3.02. The fourth-order valence-electron chi connectivity index (χ4n) is 2.75. The molecule has 2 aromatic rings. The normalized spacial score (nSPS) is 17.6. The second-order valence-electron chi connectivity index (χ2n) is 5.43. The molecule has 0 unspecified atom stereocenters. The van der Waals surface area contributed by atoms with Crippen LogP contribution in [0.25, 0.3) is 0 Å². The molecule has 6 heteroatoms. The zero-order valence-electron chi connectivity index (χ0n) is 12.2. The van der Waals surface area contributed by atoms with Gasteiger partial charge in [0.05, 0.1) is 16.5 Å². The molecule has 116 valence electrons. The minimum absolute atomic E-state index is 0.0753. The van der Waals surface area contributed by atoms with Crippen molar-refractivity contribution in [1.82, 2.24) is 0 Å². The number of hydrogen-bond acceptors (Lipinski definition) is 4. The van der Waals surface area contributed by atoms with E-state index >= 15 is 0 Å². The van der Waals surface area contributed by atoms with Crippen molar-refractivity contribution in [3.05, 3.63) is 70.3 Å². The van der Waals surface area contributed by atoms with Crippen molar-refractivity contribution in [3.8, 4) is 0 Å². The lowest BCUT2D eigenvalue weighted by atomic mass is 9.98. The molecular formula is C17H14N2O4. The molecule has 1 heterocycles. The second-order valence-corrected chi connectivity index (χ2v) is 5.43. The highest BCUT2D eigenvalue weighted by Gasteiger charge is 2.39. The molecule has 2 aromatic carbocycles. The van der Waals surface area contributed by atoms with Crippen LogP contribution >= 0.6 is 0 Å². The number of nitro benzene ring substituents is 1. The van der Waals surface area contributed by atoms with Gasteiger partial charge in [-0.15, -0.1) is 0 Å². The minimum atomic E-state index is -0.518. The topological polar surface area (TPSA) is 80.5 Å². The van der Waals surface area contributed by atoms with Gasteiger partial charge < -0.3 is 0 Å². The van der Waals surface area contributed by atoms with Gasteiger partial charge >= 0.3 is 0 Å². The number of carbonyl (C=O) groups is 2. The first-order chi connectivity index (χ1) is 11.1. The number of anilines is 1. The smallest absolute Gasteiger partial charge is 0.269 e. The fraction of sp³-hybridized carbons (Fsp3) is 0.176. The van der Waals surface area contributed by atoms with Crippen molar-refractivity contribution >= 4 is 23.2 Å². The molecule has 1 saturated heterocycles. The first-order valence-electron chi connectivity index (χ1n) is 7.21. The molecule has 2 amide bonds. The van der Waals surface area contributed by atoms with Crippen molar-refractivity contribution in [2.45, 2.75) is 12.8 Å². The van der Waals surface area contributed by atoms with Gasteiger partial charge in [0.25, 0.3) is 5.69 Å². The Morgan fingerprint density at radius 2 is 1.70 bits per heavy atom. The summed E-state index contributed by atoms with van der Waals surface area (Å²) >= 11 is 0. The predicted molar refractivity (Wildman–Crippen MR) is 83.8 cm³/mol. The third-order valence-corrected chi connectivity index (χ3v) is 3.88. The van der Waals surface area contributed by atoms with Crippen molar-refractivity contribution in [1.29, 1.82) is 0 Å². The molecule has 6 nitrogen and oxygen atoms in total. The maximum Gasteiger partial charge on any atom is 0.269 e. The Morgan fingerprint density at radius 1 is 1.04 bits per heavy atom. The predicted octanol–water partition coefficient (Wildman–Crippen LogP) is 2.72. The molecule has 0 saturated carbocycles. The standard InChI is InChI=1S/C17H14N2O4/c20-16-11-13(10-12-4-2-1-3-5-12)17(21)18(16)14-6-8-15(9-7-14)19(22)23/h1-9,13H,10-11H2/t13-/m0/s1. The van der Waals surface area contributed by atoms with E-state index in [1.54, 1.807) is 0 Å². The van der Waals surface area contributed by atoms with E-state index in [1.807, 2.05) is 30.3 Å². The summed E-state index contributed by atoms with van der Waals surface area (Å²) in [5.74, 6) is -0.919. The Balaban J connectivity index is 1.79. The van der Waals surface area contributed by atoms with Gasteiger partial charge in [-0.05, 0) is 24.1 Å². The average Bonchev–Trinajstić information content (AvgIpc) is 2.82. The maximum atomic E-state index is 12.5. The number of benzene rings is 2. The third-order valence-electron chi connectivity index (χ3n) is 3.88. The molecule has 0 N–H and O–H groups in total. The van der Waals surface area contributed by atoms with Crippen LogP contribution < -0.4 is 4.90 Å².